The lowest BCUT2D eigenvalue weighted by Crippen LogP contribution is -2.30. The molecule has 0 saturated heterocycles. The lowest BCUT2D eigenvalue weighted by atomic mass is 9.92. The first kappa shape index (κ1) is 21.2. The zero-order valence-corrected chi connectivity index (χ0v) is 17.7. The van der Waals surface area contributed by atoms with Gasteiger partial charge in [-0.05, 0) is 68.4 Å². The Bertz CT molecular complexity index is 865. The maximum Gasteiger partial charge on any atom is 0.210 e. The second-order valence-corrected chi connectivity index (χ2v) is 7.97. The van der Waals surface area contributed by atoms with Crippen molar-refractivity contribution in [1.29, 1.82) is 0 Å². The van der Waals surface area contributed by atoms with E-state index in [4.69, 9.17) is 22.1 Å². The van der Waals surface area contributed by atoms with E-state index in [0.29, 0.717) is 23.9 Å². The van der Waals surface area contributed by atoms with Crippen LogP contribution in [-0.2, 0) is 4.79 Å². The summed E-state index contributed by atoms with van der Waals surface area (Å²) in [4.78, 5) is 15.6. The van der Waals surface area contributed by atoms with Crippen LogP contribution in [0.1, 0.15) is 30.0 Å². The first-order chi connectivity index (χ1) is 14.0. The van der Waals surface area contributed by atoms with Gasteiger partial charge in [-0.25, -0.2) is 0 Å². The smallest absolute Gasteiger partial charge is 0.210 e. The molecular weight excluding hydrogens is 386 g/mol. The summed E-state index contributed by atoms with van der Waals surface area (Å²) < 4.78 is 5.81. The second-order valence-electron chi connectivity index (χ2n) is 7.54. The summed E-state index contributed by atoms with van der Waals surface area (Å²) in [5.41, 5.74) is 9.95. The van der Waals surface area contributed by atoms with Crippen molar-refractivity contribution in [1.82, 2.24) is 9.80 Å². The van der Waals surface area contributed by atoms with Gasteiger partial charge in [0.2, 0.25) is 6.41 Å². The predicted octanol–water partition coefficient (Wildman–Crippen LogP) is 4.24. The molecule has 5 nitrogen and oxygen atoms in total. The van der Waals surface area contributed by atoms with Crippen molar-refractivity contribution in [2.45, 2.75) is 18.9 Å². The van der Waals surface area contributed by atoms with Crippen LogP contribution in [-0.4, -0.2) is 50.0 Å². The van der Waals surface area contributed by atoms with E-state index in [1.807, 2.05) is 36.4 Å². The molecule has 0 fully saturated rings. The van der Waals surface area contributed by atoms with Gasteiger partial charge in [-0.15, -0.1) is 0 Å². The molecule has 2 N–H and O–H groups in total. The molecule has 0 bridgehead atoms. The van der Waals surface area contributed by atoms with Crippen molar-refractivity contribution in [2.24, 2.45) is 0 Å². The van der Waals surface area contributed by atoms with Crippen molar-refractivity contribution in [3.05, 3.63) is 64.7 Å². The van der Waals surface area contributed by atoms with Gasteiger partial charge >= 0.3 is 0 Å². The molecule has 1 aliphatic heterocycles. The van der Waals surface area contributed by atoms with E-state index in [0.717, 1.165) is 48.2 Å². The van der Waals surface area contributed by atoms with E-state index >= 15 is 0 Å². The van der Waals surface area contributed by atoms with Crippen molar-refractivity contribution in [3.63, 3.8) is 0 Å². The maximum atomic E-state index is 11.6. The van der Waals surface area contributed by atoms with E-state index in [1.54, 1.807) is 11.0 Å². The molecule has 2 aromatic carbocycles. The van der Waals surface area contributed by atoms with Gasteiger partial charge < -0.3 is 20.3 Å². The van der Waals surface area contributed by atoms with Gasteiger partial charge in [0.05, 0.1) is 12.6 Å². The summed E-state index contributed by atoms with van der Waals surface area (Å²) >= 11 is 6.17. The van der Waals surface area contributed by atoms with Crippen LogP contribution in [0.3, 0.4) is 0 Å². The standard InChI is InChI=1S/C23H28ClN3O2/c1-26(2)11-3-13-29-20-7-4-17(5-8-20)23-14-18(10-12-27(23)16-28)21-15-19(24)6-9-22(21)25/h4-9,14-16,23H,3,10-13,25H2,1-2H3. The van der Waals surface area contributed by atoms with E-state index in [1.165, 1.54) is 0 Å². The number of nitrogens with two attached hydrogens (primary N) is 1. The Hall–Kier alpha value is -2.50. The van der Waals surface area contributed by atoms with E-state index in [-0.39, 0.29) is 6.04 Å². The molecule has 0 aliphatic carbocycles. The summed E-state index contributed by atoms with van der Waals surface area (Å²) in [5, 5.41) is 0.653. The highest BCUT2D eigenvalue weighted by atomic mass is 35.5. The minimum Gasteiger partial charge on any atom is -0.494 e. The highest BCUT2D eigenvalue weighted by Gasteiger charge is 2.24. The number of amides is 1. The van der Waals surface area contributed by atoms with Crippen LogP contribution in [0.2, 0.25) is 5.02 Å². The van der Waals surface area contributed by atoms with Crippen molar-refractivity contribution >= 4 is 29.3 Å². The average Bonchev–Trinajstić information content (AvgIpc) is 2.73. The lowest BCUT2D eigenvalue weighted by Gasteiger charge is -2.32. The highest BCUT2D eigenvalue weighted by Crippen LogP contribution is 2.36. The Morgan fingerprint density at radius 1 is 1.24 bits per heavy atom. The molecule has 1 atom stereocenters. The Morgan fingerprint density at radius 3 is 2.69 bits per heavy atom. The number of hydrogen-bond donors (Lipinski definition) is 1. The summed E-state index contributed by atoms with van der Waals surface area (Å²) in [6.45, 7) is 2.31. The Kier molecular flexibility index (Phi) is 7.18. The third-order valence-corrected chi connectivity index (χ3v) is 5.33. The fraction of sp³-hybridized carbons (Fsp3) is 0.348. The molecule has 29 heavy (non-hydrogen) atoms. The fourth-order valence-electron chi connectivity index (χ4n) is 3.53. The minimum atomic E-state index is -0.141. The molecule has 1 aliphatic rings. The fourth-order valence-corrected chi connectivity index (χ4v) is 3.70. The van der Waals surface area contributed by atoms with Crippen molar-refractivity contribution < 1.29 is 9.53 Å². The molecule has 0 aromatic heterocycles. The molecule has 3 rings (SSSR count). The topological polar surface area (TPSA) is 58.8 Å². The van der Waals surface area contributed by atoms with Gasteiger partial charge in [-0.3, -0.25) is 4.79 Å². The first-order valence-electron chi connectivity index (χ1n) is 9.82. The molecule has 2 aromatic rings. The summed E-state index contributed by atoms with van der Waals surface area (Å²) in [5.74, 6) is 0.837. The van der Waals surface area contributed by atoms with Gasteiger partial charge in [-0.2, -0.15) is 0 Å². The normalized spacial score (nSPS) is 16.6. The van der Waals surface area contributed by atoms with E-state index in [9.17, 15) is 4.79 Å². The SMILES string of the molecule is CN(C)CCCOc1ccc(C2C=C(c3cc(Cl)ccc3N)CCN2C=O)cc1. The van der Waals surface area contributed by atoms with Gasteiger partial charge in [0.15, 0.2) is 0 Å². The number of ether oxygens (including phenoxy) is 1. The van der Waals surface area contributed by atoms with Crippen LogP contribution in [0.4, 0.5) is 5.69 Å². The largest absolute Gasteiger partial charge is 0.494 e. The van der Waals surface area contributed by atoms with E-state index < -0.39 is 0 Å². The number of nitrogens with zero attached hydrogens (tertiary/aromatic N) is 2. The van der Waals surface area contributed by atoms with E-state index in [2.05, 4.69) is 25.1 Å². The second kappa shape index (κ2) is 9.81. The molecule has 1 unspecified atom stereocenters. The van der Waals surface area contributed by atoms with Crippen LogP contribution in [0, 0.1) is 0 Å². The van der Waals surface area contributed by atoms with Crippen molar-refractivity contribution in [2.75, 3.05) is 39.5 Å². The Morgan fingerprint density at radius 2 is 2.00 bits per heavy atom. The quantitative estimate of drug-likeness (QED) is 0.399. The number of hydrogen-bond acceptors (Lipinski definition) is 4. The van der Waals surface area contributed by atoms with Gasteiger partial charge in [0.25, 0.3) is 0 Å². The first-order valence-corrected chi connectivity index (χ1v) is 10.2. The number of carbonyl (C=O) groups is 1. The molecular formula is C23H28ClN3O2. The van der Waals surface area contributed by atoms with Crippen LogP contribution in [0.25, 0.3) is 5.57 Å². The Labute approximate surface area is 177 Å². The third-order valence-electron chi connectivity index (χ3n) is 5.09. The number of rotatable bonds is 8. The van der Waals surface area contributed by atoms with Crippen LogP contribution >= 0.6 is 11.6 Å². The number of benzene rings is 2. The zero-order chi connectivity index (χ0) is 20.8. The third kappa shape index (κ3) is 5.52. The number of carbonyl (C=O) groups excluding carboxylic acids is 1. The summed E-state index contributed by atoms with van der Waals surface area (Å²) in [7, 11) is 4.10. The summed E-state index contributed by atoms with van der Waals surface area (Å²) in [6.07, 6.45) is 4.73. The maximum absolute atomic E-state index is 11.6. The van der Waals surface area contributed by atoms with Gasteiger partial charge in [0.1, 0.15) is 5.75 Å². The van der Waals surface area contributed by atoms with Crippen LogP contribution in [0.15, 0.2) is 48.5 Å². The lowest BCUT2D eigenvalue weighted by molar-refractivity contribution is -0.119. The molecule has 1 amide bonds. The Balaban J connectivity index is 1.77. The molecule has 6 heteroatoms. The van der Waals surface area contributed by atoms with Gasteiger partial charge in [-0.1, -0.05) is 29.8 Å². The zero-order valence-electron chi connectivity index (χ0n) is 17.0. The minimum absolute atomic E-state index is 0.141. The van der Waals surface area contributed by atoms with Gasteiger partial charge in [0, 0.05) is 29.4 Å². The average molecular weight is 414 g/mol. The van der Waals surface area contributed by atoms with Crippen molar-refractivity contribution in [3.8, 4) is 5.75 Å². The predicted molar refractivity (Wildman–Crippen MR) is 119 cm³/mol. The molecule has 0 saturated carbocycles. The number of anilines is 1. The van der Waals surface area contributed by atoms with Crippen LogP contribution in [0.5, 0.6) is 5.75 Å². The monoisotopic (exact) mass is 413 g/mol. The molecule has 1 heterocycles. The summed E-state index contributed by atoms with van der Waals surface area (Å²) in [6, 6.07) is 13.3. The molecule has 154 valence electrons. The number of nitrogen functional groups attached to an aromatic ring is 1. The molecule has 0 spiro atoms. The van der Waals surface area contributed by atoms with Crippen LogP contribution < -0.4 is 10.5 Å². The molecule has 0 radical (unpaired) electrons. The number of halogens is 1. The highest BCUT2D eigenvalue weighted by molar-refractivity contribution is 6.30.